The molecule has 1 rings (SSSR count). The van der Waals surface area contributed by atoms with Crippen molar-refractivity contribution in [1.82, 2.24) is 0 Å². The predicted molar refractivity (Wildman–Crippen MR) is 65.7 cm³/mol. The molecule has 1 aromatic carbocycles. The quantitative estimate of drug-likeness (QED) is 0.752. The van der Waals surface area contributed by atoms with Gasteiger partial charge in [0.1, 0.15) is 0 Å². The first-order chi connectivity index (χ1) is 8.18. The van der Waals surface area contributed by atoms with Crippen LogP contribution in [0.1, 0.15) is 12.0 Å². The van der Waals surface area contributed by atoms with E-state index in [1.807, 2.05) is 30.3 Å². The molecule has 0 amide bonds. The Balaban J connectivity index is 3.04. The van der Waals surface area contributed by atoms with Gasteiger partial charge in [-0.3, -0.25) is 4.79 Å². The van der Waals surface area contributed by atoms with Gasteiger partial charge in [-0.25, -0.2) is 0 Å². The van der Waals surface area contributed by atoms with Gasteiger partial charge < -0.3 is 15.2 Å². The fourth-order valence-electron chi connectivity index (χ4n) is 1.90. The molecule has 17 heavy (non-hydrogen) atoms. The molecule has 4 heteroatoms. The van der Waals surface area contributed by atoms with Crippen molar-refractivity contribution in [3.8, 4) is 0 Å². The standard InChI is InChI=1S/C13H19NO3/c1-16-10-13(9-14,8-12(15)17-2)11-6-4-3-5-7-11/h3-7H,8-10,14H2,1-2H3. The number of methoxy groups -OCH3 is 2. The molecule has 0 saturated heterocycles. The highest BCUT2D eigenvalue weighted by atomic mass is 16.5. The number of rotatable bonds is 6. The average Bonchev–Trinajstić information content (AvgIpc) is 2.39. The summed E-state index contributed by atoms with van der Waals surface area (Å²) in [6.45, 7) is 0.725. The summed E-state index contributed by atoms with van der Waals surface area (Å²) in [4.78, 5) is 11.5. The van der Waals surface area contributed by atoms with Gasteiger partial charge in [0, 0.05) is 19.1 Å². The predicted octanol–water partition coefficient (Wildman–Crippen LogP) is 1.09. The van der Waals surface area contributed by atoms with Crippen LogP contribution in [0.15, 0.2) is 30.3 Å². The lowest BCUT2D eigenvalue weighted by atomic mass is 9.78. The molecule has 94 valence electrons. The zero-order valence-corrected chi connectivity index (χ0v) is 10.3. The van der Waals surface area contributed by atoms with Crippen LogP contribution in [0, 0.1) is 0 Å². The van der Waals surface area contributed by atoms with Crippen LogP contribution in [-0.2, 0) is 19.7 Å². The molecule has 0 aliphatic heterocycles. The first-order valence-electron chi connectivity index (χ1n) is 5.50. The van der Waals surface area contributed by atoms with Crippen molar-refractivity contribution in [3.63, 3.8) is 0 Å². The summed E-state index contributed by atoms with van der Waals surface area (Å²) < 4.78 is 9.94. The Bertz CT molecular complexity index is 353. The Morgan fingerprint density at radius 3 is 2.41 bits per heavy atom. The van der Waals surface area contributed by atoms with E-state index in [1.165, 1.54) is 7.11 Å². The summed E-state index contributed by atoms with van der Waals surface area (Å²) in [5.74, 6) is -0.281. The number of hydrogen-bond acceptors (Lipinski definition) is 4. The fraction of sp³-hybridized carbons (Fsp3) is 0.462. The summed E-state index contributed by atoms with van der Waals surface area (Å²) in [5, 5.41) is 0. The van der Waals surface area contributed by atoms with E-state index in [1.54, 1.807) is 7.11 Å². The fourth-order valence-corrected chi connectivity index (χ4v) is 1.90. The first kappa shape index (κ1) is 13.7. The molecular weight excluding hydrogens is 218 g/mol. The third-order valence-corrected chi connectivity index (χ3v) is 2.91. The highest BCUT2D eigenvalue weighted by Gasteiger charge is 2.34. The van der Waals surface area contributed by atoms with E-state index in [9.17, 15) is 4.79 Å². The van der Waals surface area contributed by atoms with Crippen LogP contribution < -0.4 is 5.73 Å². The monoisotopic (exact) mass is 237 g/mol. The molecule has 0 spiro atoms. The van der Waals surface area contributed by atoms with Gasteiger partial charge in [0.2, 0.25) is 0 Å². The summed E-state index contributed by atoms with van der Waals surface area (Å²) in [6.07, 6.45) is 0.220. The molecule has 0 aliphatic carbocycles. The minimum atomic E-state index is -0.511. The average molecular weight is 237 g/mol. The molecule has 1 aromatic rings. The Morgan fingerprint density at radius 2 is 1.94 bits per heavy atom. The number of carbonyl (C=O) groups is 1. The summed E-state index contributed by atoms with van der Waals surface area (Å²) in [7, 11) is 2.98. The first-order valence-corrected chi connectivity index (χ1v) is 5.50. The Hall–Kier alpha value is -1.39. The lowest BCUT2D eigenvalue weighted by Crippen LogP contribution is -2.41. The highest BCUT2D eigenvalue weighted by molar-refractivity contribution is 5.71. The number of benzene rings is 1. The zero-order chi connectivity index (χ0) is 12.7. The van der Waals surface area contributed by atoms with Gasteiger partial charge in [-0.1, -0.05) is 30.3 Å². The van der Waals surface area contributed by atoms with E-state index in [-0.39, 0.29) is 12.4 Å². The largest absolute Gasteiger partial charge is 0.469 e. The maximum absolute atomic E-state index is 11.5. The lowest BCUT2D eigenvalue weighted by molar-refractivity contribution is -0.142. The molecule has 0 aliphatic rings. The van der Waals surface area contributed by atoms with Crippen LogP contribution in [0.25, 0.3) is 0 Å². The van der Waals surface area contributed by atoms with Gasteiger partial charge in [-0.2, -0.15) is 0 Å². The zero-order valence-electron chi connectivity index (χ0n) is 10.3. The van der Waals surface area contributed by atoms with Crippen LogP contribution in [0.5, 0.6) is 0 Å². The molecule has 0 saturated carbocycles. The summed E-state index contributed by atoms with van der Waals surface area (Å²) >= 11 is 0. The third-order valence-electron chi connectivity index (χ3n) is 2.91. The van der Waals surface area contributed by atoms with Crippen molar-refractivity contribution in [1.29, 1.82) is 0 Å². The lowest BCUT2D eigenvalue weighted by Gasteiger charge is -2.31. The van der Waals surface area contributed by atoms with E-state index >= 15 is 0 Å². The smallest absolute Gasteiger partial charge is 0.306 e. The number of carbonyl (C=O) groups excluding carboxylic acids is 1. The molecule has 1 unspecified atom stereocenters. The normalized spacial score (nSPS) is 14.1. The van der Waals surface area contributed by atoms with E-state index in [2.05, 4.69) is 0 Å². The van der Waals surface area contributed by atoms with Crippen LogP contribution in [0.4, 0.5) is 0 Å². The van der Waals surface area contributed by atoms with Crippen LogP contribution in [-0.4, -0.2) is 33.3 Å². The molecule has 1 atom stereocenters. The van der Waals surface area contributed by atoms with Crippen molar-refractivity contribution >= 4 is 5.97 Å². The molecule has 0 heterocycles. The van der Waals surface area contributed by atoms with Crippen LogP contribution >= 0.6 is 0 Å². The molecule has 0 radical (unpaired) electrons. The molecule has 2 N–H and O–H groups in total. The van der Waals surface area contributed by atoms with Crippen molar-refractivity contribution in [2.24, 2.45) is 5.73 Å². The second kappa shape index (κ2) is 6.37. The summed E-state index contributed by atoms with van der Waals surface area (Å²) in [6, 6.07) is 9.68. The number of esters is 1. The second-order valence-electron chi connectivity index (χ2n) is 4.04. The van der Waals surface area contributed by atoms with Gasteiger partial charge in [-0.05, 0) is 5.56 Å². The molecule has 0 bridgehead atoms. The van der Waals surface area contributed by atoms with E-state index in [0.29, 0.717) is 13.2 Å². The Kier molecular flexibility index (Phi) is 5.12. The molecular formula is C13H19NO3. The second-order valence-corrected chi connectivity index (χ2v) is 4.04. The summed E-state index contributed by atoms with van der Waals surface area (Å²) in [5.41, 5.74) is 6.33. The van der Waals surface area contributed by atoms with Crippen molar-refractivity contribution < 1.29 is 14.3 Å². The van der Waals surface area contributed by atoms with Crippen molar-refractivity contribution in [3.05, 3.63) is 35.9 Å². The topological polar surface area (TPSA) is 61.5 Å². The minimum absolute atomic E-state index is 0.220. The number of ether oxygens (including phenoxy) is 2. The molecule has 0 fully saturated rings. The van der Waals surface area contributed by atoms with E-state index in [0.717, 1.165) is 5.56 Å². The van der Waals surface area contributed by atoms with Gasteiger partial charge in [0.15, 0.2) is 0 Å². The maximum atomic E-state index is 11.5. The molecule has 4 nitrogen and oxygen atoms in total. The van der Waals surface area contributed by atoms with Crippen molar-refractivity contribution in [2.45, 2.75) is 11.8 Å². The van der Waals surface area contributed by atoms with Gasteiger partial charge in [0.05, 0.1) is 20.1 Å². The molecule has 0 aromatic heterocycles. The van der Waals surface area contributed by atoms with E-state index < -0.39 is 5.41 Å². The minimum Gasteiger partial charge on any atom is -0.469 e. The Morgan fingerprint density at radius 1 is 1.29 bits per heavy atom. The van der Waals surface area contributed by atoms with Gasteiger partial charge in [-0.15, -0.1) is 0 Å². The maximum Gasteiger partial charge on any atom is 0.306 e. The highest BCUT2D eigenvalue weighted by Crippen LogP contribution is 2.27. The van der Waals surface area contributed by atoms with Crippen LogP contribution in [0.3, 0.4) is 0 Å². The third kappa shape index (κ3) is 3.28. The van der Waals surface area contributed by atoms with Gasteiger partial charge >= 0.3 is 5.97 Å². The SMILES string of the molecule is COCC(CN)(CC(=O)OC)c1ccccc1. The van der Waals surface area contributed by atoms with Crippen LogP contribution in [0.2, 0.25) is 0 Å². The van der Waals surface area contributed by atoms with Crippen molar-refractivity contribution in [2.75, 3.05) is 27.4 Å². The van der Waals surface area contributed by atoms with E-state index in [4.69, 9.17) is 15.2 Å². The van der Waals surface area contributed by atoms with Gasteiger partial charge in [0.25, 0.3) is 0 Å². The Labute approximate surface area is 102 Å². The number of hydrogen-bond donors (Lipinski definition) is 1. The number of nitrogens with two attached hydrogens (primary N) is 1.